The quantitative estimate of drug-likeness (QED) is 0.787. The van der Waals surface area contributed by atoms with E-state index in [0.717, 1.165) is 19.4 Å². The largest absolute Gasteiger partial charge is 0.491 e. The fourth-order valence-corrected chi connectivity index (χ4v) is 3.26. The van der Waals surface area contributed by atoms with Gasteiger partial charge in [0, 0.05) is 24.6 Å². The molecular weight excluding hydrogens is 344 g/mol. The van der Waals surface area contributed by atoms with Crippen molar-refractivity contribution in [3.63, 3.8) is 0 Å². The van der Waals surface area contributed by atoms with Gasteiger partial charge in [0.1, 0.15) is 17.3 Å². The number of Topliss-reactive ketones (excluding diaryl/α,β-unsaturated/α-hetero) is 1. The van der Waals surface area contributed by atoms with Crippen molar-refractivity contribution in [3.05, 3.63) is 47.9 Å². The van der Waals surface area contributed by atoms with Crippen LogP contribution in [0.3, 0.4) is 0 Å². The number of rotatable bonds is 6. The fraction of sp³-hybridized carbons (Fsp3) is 0.400. The highest BCUT2D eigenvalue weighted by molar-refractivity contribution is 5.98. The van der Waals surface area contributed by atoms with Crippen LogP contribution in [0.25, 0.3) is 0 Å². The number of amides is 1. The number of piperidine rings is 1. The van der Waals surface area contributed by atoms with E-state index in [0.29, 0.717) is 23.7 Å². The van der Waals surface area contributed by atoms with Crippen LogP contribution >= 0.6 is 0 Å². The molecule has 0 radical (unpaired) electrons. The van der Waals surface area contributed by atoms with E-state index in [1.54, 1.807) is 12.3 Å². The highest BCUT2D eigenvalue weighted by Gasteiger charge is 2.28. The predicted molar refractivity (Wildman–Crippen MR) is 102 cm³/mol. The van der Waals surface area contributed by atoms with Gasteiger partial charge in [0.05, 0.1) is 18.5 Å². The zero-order valence-corrected chi connectivity index (χ0v) is 15.6. The molecule has 2 heterocycles. The monoisotopic (exact) mass is 368 g/mol. The molecule has 27 heavy (non-hydrogen) atoms. The Morgan fingerprint density at radius 1 is 1.30 bits per heavy atom. The van der Waals surface area contributed by atoms with E-state index >= 15 is 0 Å². The van der Waals surface area contributed by atoms with Gasteiger partial charge in [-0.1, -0.05) is 12.1 Å². The molecule has 1 saturated heterocycles. The van der Waals surface area contributed by atoms with Crippen LogP contribution < -0.4 is 15.4 Å². The predicted octanol–water partition coefficient (Wildman–Crippen LogP) is 2.46. The van der Waals surface area contributed by atoms with Crippen LogP contribution in [0.15, 0.2) is 36.7 Å². The summed E-state index contributed by atoms with van der Waals surface area (Å²) in [5, 5.41) is 0. The van der Waals surface area contributed by atoms with Crippen molar-refractivity contribution in [2.45, 2.75) is 32.8 Å². The highest BCUT2D eigenvalue weighted by Crippen LogP contribution is 2.26. The minimum atomic E-state index is -0.615. The van der Waals surface area contributed by atoms with Crippen molar-refractivity contribution in [1.29, 1.82) is 0 Å². The summed E-state index contributed by atoms with van der Waals surface area (Å²) in [4.78, 5) is 34.6. The maximum absolute atomic E-state index is 13.0. The number of carbonyl (C=O) groups excluding carboxylic acids is 2. The van der Waals surface area contributed by atoms with Gasteiger partial charge >= 0.3 is 0 Å². The molecule has 3 rings (SSSR count). The van der Waals surface area contributed by atoms with Crippen LogP contribution in [0.4, 0.5) is 5.82 Å². The standard InChI is InChI=1S/C20H24N4O3/c1-13(2)27-16-7-3-5-14(9-16)19(25)15-6-4-8-24(12-15)18-11-22-10-17(23-18)20(21)26/h3,5,7,9-11,13,15H,4,6,8,12H2,1-2H3,(H2,21,26)/t15-/m1/s1. The SMILES string of the molecule is CC(C)Oc1cccc(C(=O)[C@@H]2CCCN(c3cncc(C(N)=O)n3)C2)c1. The topological polar surface area (TPSA) is 98.4 Å². The average molecular weight is 368 g/mol. The van der Waals surface area contributed by atoms with Crippen LogP contribution in [0, 0.1) is 5.92 Å². The van der Waals surface area contributed by atoms with Crippen molar-refractivity contribution in [3.8, 4) is 5.75 Å². The zero-order chi connectivity index (χ0) is 19.4. The lowest BCUT2D eigenvalue weighted by atomic mass is 9.90. The summed E-state index contributed by atoms with van der Waals surface area (Å²) in [5.74, 6) is 0.597. The van der Waals surface area contributed by atoms with E-state index in [4.69, 9.17) is 10.5 Å². The van der Waals surface area contributed by atoms with Crippen LogP contribution in [-0.2, 0) is 0 Å². The third-order valence-electron chi connectivity index (χ3n) is 4.48. The number of nitrogens with two attached hydrogens (primary N) is 1. The van der Waals surface area contributed by atoms with E-state index < -0.39 is 5.91 Å². The van der Waals surface area contributed by atoms with Gasteiger partial charge in [-0.2, -0.15) is 0 Å². The molecule has 0 saturated carbocycles. The van der Waals surface area contributed by atoms with Gasteiger partial charge < -0.3 is 15.4 Å². The van der Waals surface area contributed by atoms with Gasteiger partial charge in [0.15, 0.2) is 5.78 Å². The molecule has 0 unspecified atom stereocenters. The molecule has 1 aromatic heterocycles. The number of ether oxygens (including phenoxy) is 1. The molecule has 7 heteroatoms. The lowest BCUT2D eigenvalue weighted by molar-refractivity contribution is 0.0905. The number of ketones is 1. The van der Waals surface area contributed by atoms with Crippen molar-refractivity contribution in [2.75, 3.05) is 18.0 Å². The minimum Gasteiger partial charge on any atom is -0.491 e. The molecule has 1 aliphatic rings. The molecule has 0 spiro atoms. The highest BCUT2D eigenvalue weighted by atomic mass is 16.5. The Bertz CT molecular complexity index is 837. The summed E-state index contributed by atoms with van der Waals surface area (Å²) in [6.07, 6.45) is 4.67. The average Bonchev–Trinajstić information content (AvgIpc) is 2.67. The normalized spacial score (nSPS) is 17.0. The molecule has 1 aliphatic heterocycles. The number of benzene rings is 1. The van der Waals surface area contributed by atoms with Gasteiger partial charge in [-0.05, 0) is 38.8 Å². The lowest BCUT2D eigenvalue weighted by Gasteiger charge is -2.32. The van der Waals surface area contributed by atoms with Crippen molar-refractivity contribution < 1.29 is 14.3 Å². The number of primary amides is 1. The first-order chi connectivity index (χ1) is 12.9. The second-order valence-corrected chi connectivity index (χ2v) is 6.97. The van der Waals surface area contributed by atoms with E-state index in [-0.39, 0.29) is 23.5 Å². The number of hydrogen-bond donors (Lipinski definition) is 1. The van der Waals surface area contributed by atoms with Gasteiger partial charge in [-0.15, -0.1) is 0 Å². The van der Waals surface area contributed by atoms with Crippen LogP contribution in [0.1, 0.15) is 47.5 Å². The molecular formula is C20H24N4O3. The third kappa shape index (κ3) is 4.61. The van der Waals surface area contributed by atoms with Crippen molar-refractivity contribution in [2.24, 2.45) is 11.7 Å². The molecule has 1 atom stereocenters. The summed E-state index contributed by atoms with van der Waals surface area (Å²) in [5.41, 5.74) is 6.06. The lowest BCUT2D eigenvalue weighted by Crippen LogP contribution is -2.39. The van der Waals surface area contributed by atoms with E-state index in [1.807, 2.05) is 36.9 Å². The Balaban J connectivity index is 1.75. The molecule has 1 amide bonds. The molecule has 2 aromatic rings. The molecule has 0 bridgehead atoms. The van der Waals surface area contributed by atoms with Crippen LogP contribution in [0.5, 0.6) is 5.75 Å². The Morgan fingerprint density at radius 3 is 2.85 bits per heavy atom. The van der Waals surface area contributed by atoms with Gasteiger partial charge in [-0.3, -0.25) is 14.6 Å². The summed E-state index contributed by atoms with van der Waals surface area (Å²) < 4.78 is 5.69. The smallest absolute Gasteiger partial charge is 0.268 e. The molecule has 142 valence electrons. The van der Waals surface area contributed by atoms with Crippen LogP contribution in [-0.4, -0.2) is 40.9 Å². The van der Waals surface area contributed by atoms with Crippen molar-refractivity contribution >= 4 is 17.5 Å². The van der Waals surface area contributed by atoms with E-state index in [2.05, 4.69) is 9.97 Å². The Hall–Kier alpha value is -2.96. The van der Waals surface area contributed by atoms with Gasteiger partial charge in [-0.25, -0.2) is 4.98 Å². The summed E-state index contributed by atoms with van der Waals surface area (Å²) in [6, 6.07) is 7.32. The summed E-state index contributed by atoms with van der Waals surface area (Å²) in [7, 11) is 0. The summed E-state index contributed by atoms with van der Waals surface area (Å²) >= 11 is 0. The number of anilines is 1. The number of nitrogens with zero attached hydrogens (tertiary/aromatic N) is 3. The number of carbonyl (C=O) groups is 2. The number of aromatic nitrogens is 2. The van der Waals surface area contributed by atoms with Gasteiger partial charge in [0.2, 0.25) is 0 Å². The summed E-state index contributed by atoms with van der Waals surface area (Å²) in [6.45, 7) is 5.20. The first-order valence-corrected chi connectivity index (χ1v) is 9.12. The van der Waals surface area contributed by atoms with Gasteiger partial charge in [0.25, 0.3) is 5.91 Å². The van der Waals surface area contributed by atoms with Crippen LogP contribution in [0.2, 0.25) is 0 Å². The number of hydrogen-bond acceptors (Lipinski definition) is 6. The molecule has 1 aromatic carbocycles. The minimum absolute atomic E-state index is 0.0524. The van der Waals surface area contributed by atoms with E-state index in [1.165, 1.54) is 6.20 Å². The molecule has 2 N–H and O–H groups in total. The molecule has 1 fully saturated rings. The second kappa shape index (κ2) is 8.16. The first-order valence-electron chi connectivity index (χ1n) is 9.12. The Kier molecular flexibility index (Phi) is 5.69. The molecule has 0 aliphatic carbocycles. The first kappa shape index (κ1) is 18.8. The second-order valence-electron chi connectivity index (χ2n) is 6.97. The third-order valence-corrected chi connectivity index (χ3v) is 4.48. The maximum atomic E-state index is 13.0. The Morgan fingerprint density at radius 2 is 2.11 bits per heavy atom. The zero-order valence-electron chi connectivity index (χ0n) is 15.6. The Labute approximate surface area is 158 Å². The fourth-order valence-electron chi connectivity index (χ4n) is 3.26. The maximum Gasteiger partial charge on any atom is 0.268 e. The van der Waals surface area contributed by atoms with Crippen molar-refractivity contribution in [1.82, 2.24) is 9.97 Å². The van der Waals surface area contributed by atoms with E-state index in [9.17, 15) is 9.59 Å². The molecule has 7 nitrogen and oxygen atoms in total.